The van der Waals surface area contributed by atoms with Crippen LogP contribution in [0.25, 0.3) is 0 Å². The highest BCUT2D eigenvalue weighted by Gasteiger charge is 2.24. The van der Waals surface area contributed by atoms with Gasteiger partial charge in [0.05, 0.1) is 12.7 Å². The zero-order valence-corrected chi connectivity index (χ0v) is 10.1. The lowest BCUT2D eigenvalue weighted by molar-refractivity contribution is 0.0194. The molecule has 12 heavy (non-hydrogen) atoms. The molecule has 0 rings (SSSR count). The fraction of sp³-hybridized carbons (Fsp3) is 1.00. The Labute approximate surface area is 77.1 Å². The van der Waals surface area contributed by atoms with E-state index in [9.17, 15) is 5.11 Å². The Morgan fingerprint density at radius 3 is 1.92 bits per heavy atom. The molecule has 2 nitrogen and oxygen atoms in total. The zero-order chi connectivity index (χ0) is 9.99. The minimum Gasteiger partial charge on any atom is -0.415 e. The summed E-state index contributed by atoms with van der Waals surface area (Å²) in [6.07, 6.45) is -0.357. The summed E-state index contributed by atoms with van der Waals surface area (Å²) >= 11 is 0. The number of hydrogen-bond acceptors (Lipinski definition) is 2. The normalized spacial score (nSPS) is 16.2. The fourth-order valence-electron chi connectivity index (χ4n) is 0.579. The summed E-state index contributed by atoms with van der Waals surface area (Å²) in [5.74, 6) is 0. The minimum absolute atomic E-state index is 0.0698. The number of aliphatic hydroxyl groups excluding tert-OH is 1. The Balaban J connectivity index is 3.80. The first kappa shape index (κ1) is 12.1. The van der Waals surface area contributed by atoms with Gasteiger partial charge in [0.15, 0.2) is 8.32 Å². The first-order valence-corrected chi connectivity index (χ1v) is 7.86. The average Bonchev–Trinajstić information content (AvgIpc) is 1.78. The largest absolute Gasteiger partial charge is 0.415 e. The summed E-state index contributed by atoms with van der Waals surface area (Å²) in [4.78, 5) is 0. The van der Waals surface area contributed by atoms with Crippen LogP contribution >= 0.6 is 0 Å². The molecule has 0 saturated heterocycles. The maximum atomic E-state index is 9.65. The molecular weight excluding hydrogens is 168 g/mol. The lowest BCUT2D eigenvalue weighted by Crippen LogP contribution is -2.36. The van der Waals surface area contributed by atoms with Crippen molar-refractivity contribution in [3.05, 3.63) is 0 Å². The Bertz CT molecular complexity index is 132. The Hall–Kier alpha value is 0.137. The van der Waals surface area contributed by atoms with Gasteiger partial charge in [0, 0.05) is 0 Å². The van der Waals surface area contributed by atoms with Crippen LogP contribution < -0.4 is 0 Å². The van der Waals surface area contributed by atoms with Crippen molar-refractivity contribution >= 4 is 8.32 Å². The van der Waals surface area contributed by atoms with Gasteiger partial charge < -0.3 is 9.53 Å². The third kappa shape index (κ3) is 5.74. The summed E-state index contributed by atoms with van der Waals surface area (Å²) in [7, 11) is -1.46. The van der Waals surface area contributed by atoms with Crippen LogP contribution in [0.5, 0.6) is 0 Å². The van der Waals surface area contributed by atoms with E-state index >= 15 is 0 Å². The van der Waals surface area contributed by atoms with E-state index in [4.69, 9.17) is 4.43 Å². The second kappa shape index (κ2) is 3.90. The highest BCUT2D eigenvalue weighted by molar-refractivity contribution is 6.69. The molecule has 0 bridgehead atoms. The van der Waals surface area contributed by atoms with Gasteiger partial charge in [-0.05, 0) is 25.1 Å². The van der Waals surface area contributed by atoms with E-state index in [0.717, 1.165) is 0 Å². The summed E-state index contributed by atoms with van der Waals surface area (Å²) in [5.41, 5.74) is -0.0698. The van der Waals surface area contributed by atoms with Crippen molar-refractivity contribution in [1.82, 2.24) is 0 Å². The molecule has 0 aromatic heterocycles. The number of aliphatic hydroxyl groups is 1. The fourth-order valence-corrected chi connectivity index (χ4v) is 1.24. The molecule has 0 amide bonds. The second-order valence-corrected chi connectivity index (χ2v) is 9.82. The van der Waals surface area contributed by atoms with E-state index in [-0.39, 0.29) is 11.5 Å². The standard InChI is InChI=1S/C9H22O2Si/c1-9(2,3)8(10)7-11-12(4,5)6/h8,10H,7H2,1-6H3. The molecule has 0 fully saturated rings. The topological polar surface area (TPSA) is 29.5 Å². The molecular formula is C9H22O2Si. The van der Waals surface area contributed by atoms with Crippen molar-refractivity contribution in [2.75, 3.05) is 6.61 Å². The van der Waals surface area contributed by atoms with Crippen LogP contribution in [0, 0.1) is 5.41 Å². The van der Waals surface area contributed by atoms with Crippen LogP contribution in [-0.2, 0) is 4.43 Å². The molecule has 0 spiro atoms. The van der Waals surface area contributed by atoms with Gasteiger partial charge in [-0.25, -0.2) is 0 Å². The van der Waals surface area contributed by atoms with Crippen molar-refractivity contribution in [2.24, 2.45) is 5.41 Å². The lowest BCUT2D eigenvalue weighted by atomic mass is 9.90. The predicted molar refractivity (Wildman–Crippen MR) is 54.8 cm³/mol. The molecule has 0 saturated carbocycles. The third-order valence-corrected chi connectivity index (χ3v) is 2.71. The Morgan fingerprint density at radius 1 is 1.25 bits per heavy atom. The first-order chi connectivity index (χ1) is 5.13. The third-order valence-electron chi connectivity index (χ3n) is 1.67. The van der Waals surface area contributed by atoms with Crippen LogP contribution in [-0.4, -0.2) is 26.1 Å². The van der Waals surface area contributed by atoms with Crippen molar-refractivity contribution in [2.45, 2.75) is 46.5 Å². The summed E-state index contributed by atoms with van der Waals surface area (Å²) < 4.78 is 5.61. The molecule has 0 aliphatic carbocycles. The molecule has 0 heterocycles. The van der Waals surface area contributed by atoms with Gasteiger partial charge in [-0.2, -0.15) is 0 Å². The summed E-state index contributed by atoms with van der Waals surface area (Å²) in [6, 6.07) is 0. The average molecular weight is 190 g/mol. The van der Waals surface area contributed by atoms with E-state index in [1.54, 1.807) is 0 Å². The van der Waals surface area contributed by atoms with E-state index in [1.807, 2.05) is 20.8 Å². The van der Waals surface area contributed by atoms with Crippen LogP contribution in [0.15, 0.2) is 0 Å². The van der Waals surface area contributed by atoms with E-state index in [1.165, 1.54) is 0 Å². The van der Waals surface area contributed by atoms with Crippen molar-refractivity contribution in [1.29, 1.82) is 0 Å². The predicted octanol–water partition coefficient (Wildman–Crippen LogP) is 2.24. The van der Waals surface area contributed by atoms with Crippen molar-refractivity contribution < 1.29 is 9.53 Å². The summed E-state index contributed by atoms with van der Waals surface area (Å²) in [6.45, 7) is 12.9. The maximum Gasteiger partial charge on any atom is 0.183 e. The molecule has 0 aromatic rings. The molecule has 1 atom stereocenters. The van der Waals surface area contributed by atoms with Crippen LogP contribution in [0.2, 0.25) is 19.6 Å². The van der Waals surface area contributed by atoms with Crippen molar-refractivity contribution in [3.8, 4) is 0 Å². The molecule has 0 aliphatic heterocycles. The van der Waals surface area contributed by atoms with E-state index < -0.39 is 8.32 Å². The molecule has 74 valence electrons. The van der Waals surface area contributed by atoms with E-state index in [0.29, 0.717) is 6.61 Å². The van der Waals surface area contributed by atoms with Crippen LogP contribution in [0.4, 0.5) is 0 Å². The Kier molecular flexibility index (Phi) is 3.94. The monoisotopic (exact) mass is 190 g/mol. The zero-order valence-electron chi connectivity index (χ0n) is 9.14. The molecule has 0 aliphatic rings. The van der Waals surface area contributed by atoms with Gasteiger partial charge in [-0.3, -0.25) is 0 Å². The number of hydrogen-bond donors (Lipinski definition) is 1. The minimum atomic E-state index is -1.46. The quantitative estimate of drug-likeness (QED) is 0.692. The van der Waals surface area contributed by atoms with Gasteiger partial charge in [0.1, 0.15) is 0 Å². The first-order valence-electron chi connectivity index (χ1n) is 4.45. The smallest absolute Gasteiger partial charge is 0.183 e. The van der Waals surface area contributed by atoms with Gasteiger partial charge >= 0.3 is 0 Å². The maximum absolute atomic E-state index is 9.65. The molecule has 0 radical (unpaired) electrons. The van der Waals surface area contributed by atoms with Crippen molar-refractivity contribution in [3.63, 3.8) is 0 Å². The lowest BCUT2D eigenvalue weighted by Gasteiger charge is -2.28. The Morgan fingerprint density at radius 2 is 1.67 bits per heavy atom. The van der Waals surface area contributed by atoms with Crippen LogP contribution in [0.3, 0.4) is 0 Å². The molecule has 1 unspecified atom stereocenters. The van der Waals surface area contributed by atoms with Gasteiger partial charge in [-0.1, -0.05) is 20.8 Å². The van der Waals surface area contributed by atoms with E-state index in [2.05, 4.69) is 19.6 Å². The molecule has 1 N–H and O–H groups in total. The summed E-state index contributed by atoms with van der Waals surface area (Å²) in [5, 5.41) is 9.65. The SMILES string of the molecule is CC(C)(C)C(O)CO[Si](C)(C)C. The van der Waals surface area contributed by atoms with Gasteiger partial charge in [0.25, 0.3) is 0 Å². The molecule has 3 heteroatoms. The molecule has 0 aromatic carbocycles. The highest BCUT2D eigenvalue weighted by Crippen LogP contribution is 2.20. The second-order valence-electron chi connectivity index (χ2n) is 5.31. The van der Waals surface area contributed by atoms with Crippen LogP contribution in [0.1, 0.15) is 20.8 Å². The van der Waals surface area contributed by atoms with Gasteiger partial charge in [0.2, 0.25) is 0 Å². The highest BCUT2D eigenvalue weighted by atomic mass is 28.4. The number of rotatable bonds is 3. The van der Waals surface area contributed by atoms with Gasteiger partial charge in [-0.15, -0.1) is 0 Å².